The number of ether oxygens (including phenoxy) is 2. The van der Waals surface area contributed by atoms with Crippen molar-refractivity contribution in [1.29, 1.82) is 0 Å². The Bertz CT molecular complexity index is 3530. The Kier molecular flexibility index (Phi) is 30.5. The summed E-state index contributed by atoms with van der Waals surface area (Å²) in [7, 11) is 0. The summed E-state index contributed by atoms with van der Waals surface area (Å²) in [5.41, 5.74) is -1.56. The van der Waals surface area contributed by atoms with Crippen LogP contribution in [0.3, 0.4) is 0 Å². The molecule has 0 aromatic heterocycles. The number of unbranched alkanes of at least 4 members (excludes halogenated alkanes) is 1. The molecule has 0 saturated carbocycles. The molecular weight excluding hydrogens is 1340 g/mol. The third kappa shape index (κ3) is 22.9. The van der Waals surface area contributed by atoms with Gasteiger partial charge in [-0.3, -0.25) is 67.5 Å². The van der Waals surface area contributed by atoms with Crippen LogP contribution in [-0.2, 0) is 19.1 Å². The van der Waals surface area contributed by atoms with E-state index in [1.165, 1.54) is 72.8 Å². The number of nitrogens with zero attached hydrogens (tertiary/aromatic N) is 4. The quantitative estimate of drug-likeness (QED) is 0.0544. The monoisotopic (exact) mass is 1440 g/mol. The molecule has 8 atom stereocenters. The molecule has 103 heavy (non-hydrogen) atoms. The molecule has 5 aliphatic rings. The van der Waals surface area contributed by atoms with Gasteiger partial charge in [-0.05, 0) is 74.2 Å². The summed E-state index contributed by atoms with van der Waals surface area (Å²) in [6.07, 6.45) is -6.20. The van der Waals surface area contributed by atoms with Crippen LogP contribution in [0.15, 0.2) is 72.8 Å². The van der Waals surface area contributed by atoms with Gasteiger partial charge in [0.25, 0.3) is 47.3 Å². The van der Waals surface area contributed by atoms with Gasteiger partial charge in [-0.25, -0.2) is 0 Å². The lowest BCUT2D eigenvalue weighted by molar-refractivity contribution is -0.300. The SMILES string of the molecule is O=C(CCCC(=O)NCCOC1OC(CO)C(O)C(O)C1O)NCCCCC1CN2CCNC(=O)c3cccc(c3O)C(=O)NCCN(CCNC(=O)c3cccc(c3O)C(=O)N1)CCN1CCNC(=O)c3cccc(c3O)C(=O)NCCN(CCNC(=O)c3cccc(c3O)C(=O)NCC1)CC2. The first kappa shape index (κ1) is 79.1. The number of carbonyl (C=O) groups excluding carboxylic acids is 10. The van der Waals surface area contributed by atoms with Gasteiger partial charge in [-0.2, -0.15) is 0 Å². The average molecular weight is 1440 g/mol. The highest BCUT2D eigenvalue weighted by Gasteiger charge is 2.44. The number of aliphatic hydroxyl groups excluding tert-OH is 4. The van der Waals surface area contributed by atoms with Crippen molar-refractivity contribution in [2.45, 2.75) is 75.3 Å². The smallest absolute Gasteiger partial charge is 0.255 e. The first-order valence-corrected chi connectivity index (χ1v) is 34.5. The molecule has 0 spiro atoms. The number of hydrogen-bond donors (Lipinski definition) is 18. The van der Waals surface area contributed by atoms with Gasteiger partial charge in [-0.1, -0.05) is 24.3 Å². The zero-order chi connectivity index (χ0) is 74.0. The fourth-order valence-electron chi connectivity index (χ4n) is 12.1. The predicted octanol–water partition coefficient (Wildman–Crippen LogP) is -3.55. The fourth-order valence-corrected chi connectivity index (χ4v) is 12.1. The lowest BCUT2D eigenvalue weighted by atomic mass is 9.99. The molecule has 0 aliphatic carbocycles. The van der Waals surface area contributed by atoms with Crippen LogP contribution in [0.4, 0.5) is 0 Å². The normalized spacial score (nSPS) is 24.4. The second kappa shape index (κ2) is 39.7. The van der Waals surface area contributed by atoms with Gasteiger partial charge in [0, 0.05) is 156 Å². The highest BCUT2D eigenvalue weighted by Crippen LogP contribution is 2.27. The minimum atomic E-state index is -1.63. The van der Waals surface area contributed by atoms with E-state index in [2.05, 4.69) is 53.2 Å². The van der Waals surface area contributed by atoms with Gasteiger partial charge in [0.2, 0.25) is 11.8 Å². The van der Waals surface area contributed by atoms with Crippen LogP contribution in [-0.4, -0.2) is 307 Å². The topological polar surface area (TPSA) is 484 Å². The Morgan fingerprint density at radius 1 is 0.417 bits per heavy atom. The Labute approximate surface area is 594 Å². The number of phenolic OH excluding ortho intramolecular Hbond substituents is 4. The Balaban J connectivity index is 1.07. The van der Waals surface area contributed by atoms with E-state index in [0.717, 1.165) is 0 Å². The summed E-state index contributed by atoms with van der Waals surface area (Å²) in [6, 6.07) is 15.9. The largest absolute Gasteiger partial charge is 0.506 e. The number of aliphatic hydroxyl groups is 4. The Morgan fingerprint density at radius 2 is 0.738 bits per heavy atom. The number of nitrogens with one attached hydrogen (secondary N) is 10. The molecule has 560 valence electrons. The van der Waals surface area contributed by atoms with Gasteiger partial charge in [0.05, 0.1) is 57.7 Å². The second-order valence-electron chi connectivity index (χ2n) is 25.2. The van der Waals surface area contributed by atoms with Crippen molar-refractivity contribution in [3.05, 3.63) is 117 Å². The lowest BCUT2D eigenvalue weighted by Gasteiger charge is -2.39. The molecule has 0 radical (unpaired) electrons. The van der Waals surface area contributed by atoms with Gasteiger partial charge in [-0.15, -0.1) is 0 Å². The molecule has 5 heterocycles. The third-order valence-corrected chi connectivity index (χ3v) is 18.0. The maximum Gasteiger partial charge on any atom is 0.255 e. The molecule has 8 unspecified atom stereocenters. The summed E-state index contributed by atoms with van der Waals surface area (Å²) < 4.78 is 10.7. The molecule has 10 amide bonds. The summed E-state index contributed by atoms with van der Waals surface area (Å²) in [5, 5.41) is 114. The zero-order valence-corrected chi connectivity index (χ0v) is 57.2. The third-order valence-electron chi connectivity index (χ3n) is 18.0. The Hall–Kier alpha value is -9.62. The van der Waals surface area contributed by atoms with Crippen LogP contribution >= 0.6 is 0 Å². The molecule has 34 heteroatoms. The number of rotatable bonds is 14. The first-order chi connectivity index (χ1) is 49.6. The summed E-state index contributed by atoms with van der Waals surface area (Å²) in [4.78, 5) is 145. The van der Waals surface area contributed by atoms with Crippen LogP contribution in [0.2, 0.25) is 0 Å². The highest BCUT2D eigenvalue weighted by molar-refractivity contribution is 6.06. The number of carbonyl (C=O) groups is 10. The minimum absolute atomic E-state index is 0.0114. The minimum Gasteiger partial charge on any atom is -0.506 e. The van der Waals surface area contributed by atoms with Crippen LogP contribution < -0.4 is 53.2 Å². The molecule has 18 N–H and O–H groups in total. The van der Waals surface area contributed by atoms with Crippen molar-refractivity contribution in [2.24, 2.45) is 0 Å². The molecule has 12 bridgehead atoms. The van der Waals surface area contributed by atoms with Crippen molar-refractivity contribution in [3.63, 3.8) is 0 Å². The summed E-state index contributed by atoms with van der Waals surface area (Å²) in [6.45, 7) is 0.651. The van der Waals surface area contributed by atoms with Gasteiger partial charge >= 0.3 is 0 Å². The van der Waals surface area contributed by atoms with Crippen LogP contribution in [0.25, 0.3) is 0 Å². The van der Waals surface area contributed by atoms with E-state index in [1.807, 2.05) is 19.6 Å². The van der Waals surface area contributed by atoms with Crippen LogP contribution in [0.5, 0.6) is 23.0 Å². The van der Waals surface area contributed by atoms with Crippen molar-refractivity contribution in [3.8, 4) is 23.0 Å². The number of hydrogen-bond acceptors (Lipinski definition) is 24. The second-order valence-corrected chi connectivity index (χ2v) is 25.2. The van der Waals surface area contributed by atoms with Crippen molar-refractivity contribution >= 4 is 59.1 Å². The molecule has 9 rings (SSSR count). The van der Waals surface area contributed by atoms with Crippen LogP contribution in [0, 0.1) is 0 Å². The molecule has 34 nitrogen and oxygen atoms in total. The zero-order valence-electron chi connectivity index (χ0n) is 57.2. The molecule has 4 aromatic carbocycles. The number of para-hydroxylation sites is 4. The van der Waals surface area contributed by atoms with E-state index in [-0.39, 0.29) is 220 Å². The van der Waals surface area contributed by atoms with Crippen LogP contribution in [0.1, 0.15) is 121 Å². The number of phenols is 4. The van der Waals surface area contributed by atoms with E-state index in [4.69, 9.17) is 9.47 Å². The van der Waals surface area contributed by atoms with Gasteiger partial charge < -0.3 is 103 Å². The average Bonchev–Trinajstić information content (AvgIpc) is 0.838. The maximum atomic E-state index is 14.6. The van der Waals surface area contributed by atoms with Crippen molar-refractivity contribution in [1.82, 2.24) is 72.8 Å². The highest BCUT2D eigenvalue weighted by atomic mass is 16.7. The van der Waals surface area contributed by atoms with E-state index < -0.39 is 120 Å². The number of aromatic hydroxyl groups is 4. The molecule has 1 fully saturated rings. The summed E-state index contributed by atoms with van der Waals surface area (Å²) >= 11 is 0. The lowest BCUT2D eigenvalue weighted by Crippen LogP contribution is -2.59. The summed E-state index contributed by atoms with van der Waals surface area (Å²) in [5.74, 6) is -8.74. The fraction of sp³-hybridized carbons (Fsp3) is 0.507. The van der Waals surface area contributed by atoms with Crippen molar-refractivity contribution < 1.29 is 98.3 Å². The standard InChI is InChI=1S/C69H94N14O20/c84-41-51-58(91)59(92)60(93)69(103-51)102-39-27-71-53(86)18-7-17-52(85)70-19-2-1-8-42-40-83-34-26-78-66(99)48-14-5-13-47(56(48)89)63(96)74-22-30-81(31-23-77-67(100)49-15-6-16-50(57(49)90)68(101)79-42)36-35-80-28-20-72-61(94)43-9-3-11-45(54(43)87)64(97)75-24-32-82(37-38-83)33-25-76-65(98)46-12-4-10-44(55(46)88)62(95)73-21-29-80/h3-6,9-16,42,51,58-60,69,84,87-93H,1-2,7-8,17-41H2,(H,70,85)(H,71,86)(H,72,94)(H,73,95)(H,74,96)(H,75,97)(H,76,98)(H,77,100)(H,78,99)(H,79,101). The maximum absolute atomic E-state index is 14.6. The number of benzene rings is 4. The Morgan fingerprint density at radius 3 is 1.09 bits per heavy atom. The number of fused-ring (bicyclic) bond motifs is 16. The van der Waals surface area contributed by atoms with E-state index in [9.17, 15) is 88.8 Å². The predicted molar refractivity (Wildman–Crippen MR) is 369 cm³/mol. The number of amides is 10. The van der Waals surface area contributed by atoms with E-state index in [1.54, 1.807) is 0 Å². The van der Waals surface area contributed by atoms with Gasteiger partial charge in [0.1, 0.15) is 47.4 Å². The molecule has 5 aliphatic heterocycles. The van der Waals surface area contributed by atoms with E-state index >= 15 is 0 Å². The van der Waals surface area contributed by atoms with Gasteiger partial charge in [0.15, 0.2) is 6.29 Å². The molecular formula is C69H94N14O20. The molecule has 1 saturated heterocycles. The molecule has 4 aromatic rings. The first-order valence-electron chi connectivity index (χ1n) is 34.5. The van der Waals surface area contributed by atoms with E-state index in [0.29, 0.717) is 12.8 Å². The van der Waals surface area contributed by atoms with Crippen molar-refractivity contribution in [2.75, 3.05) is 151 Å².